The summed E-state index contributed by atoms with van der Waals surface area (Å²) in [6, 6.07) is 11.8. The van der Waals surface area contributed by atoms with Gasteiger partial charge in [-0.1, -0.05) is 43.3 Å². The molecule has 1 N–H and O–H groups in total. The molecule has 3 nitrogen and oxygen atoms in total. The first-order valence-corrected chi connectivity index (χ1v) is 7.42. The summed E-state index contributed by atoms with van der Waals surface area (Å²) in [5.41, 5.74) is 3.01. The summed E-state index contributed by atoms with van der Waals surface area (Å²) in [5.74, 6) is 1.68. The molecule has 0 bridgehead atoms. The first-order chi connectivity index (χ1) is 10.7. The van der Waals surface area contributed by atoms with E-state index in [9.17, 15) is 5.11 Å². The molecule has 0 aromatic heterocycles. The number of phenolic OH excluding ortho intramolecular Hbond substituents is 1. The van der Waals surface area contributed by atoms with Crippen LogP contribution in [0.1, 0.15) is 35.6 Å². The van der Waals surface area contributed by atoms with E-state index in [1.165, 1.54) is 0 Å². The van der Waals surface area contributed by atoms with Gasteiger partial charge in [-0.2, -0.15) is 0 Å². The second-order valence-corrected chi connectivity index (χ2v) is 5.55. The Kier molecular flexibility index (Phi) is 3.80. The lowest BCUT2D eigenvalue weighted by Crippen LogP contribution is -2.07. The molecule has 0 spiro atoms. The van der Waals surface area contributed by atoms with Crippen molar-refractivity contribution in [1.82, 2.24) is 0 Å². The van der Waals surface area contributed by atoms with E-state index in [-0.39, 0.29) is 17.8 Å². The SMILES string of the molecule is C=CCc1c(O)cc(OC)c2c1[C@H](C)[C@@H](c1ccccc1)O2. The highest BCUT2D eigenvalue weighted by molar-refractivity contribution is 5.61. The van der Waals surface area contributed by atoms with Gasteiger partial charge in [0.2, 0.25) is 0 Å². The number of aromatic hydroxyl groups is 1. The number of phenols is 1. The molecule has 0 amide bonds. The molecular formula is C19H20O3. The van der Waals surface area contributed by atoms with Gasteiger partial charge in [-0.05, 0) is 12.0 Å². The van der Waals surface area contributed by atoms with Crippen molar-refractivity contribution in [3.05, 3.63) is 65.7 Å². The van der Waals surface area contributed by atoms with Gasteiger partial charge in [0.05, 0.1) is 7.11 Å². The van der Waals surface area contributed by atoms with Gasteiger partial charge in [-0.3, -0.25) is 0 Å². The van der Waals surface area contributed by atoms with E-state index in [0.717, 1.165) is 22.4 Å². The first-order valence-electron chi connectivity index (χ1n) is 7.42. The minimum Gasteiger partial charge on any atom is -0.508 e. The van der Waals surface area contributed by atoms with Crippen molar-refractivity contribution in [3.63, 3.8) is 0 Å². The second-order valence-electron chi connectivity index (χ2n) is 5.55. The first kappa shape index (κ1) is 14.5. The maximum absolute atomic E-state index is 10.3. The van der Waals surface area contributed by atoms with Crippen LogP contribution in [-0.4, -0.2) is 12.2 Å². The van der Waals surface area contributed by atoms with E-state index in [1.54, 1.807) is 19.3 Å². The molecule has 0 saturated carbocycles. The van der Waals surface area contributed by atoms with Crippen LogP contribution in [-0.2, 0) is 6.42 Å². The van der Waals surface area contributed by atoms with Gasteiger partial charge in [-0.25, -0.2) is 0 Å². The third-order valence-electron chi connectivity index (χ3n) is 4.22. The molecular weight excluding hydrogens is 276 g/mol. The number of hydrogen-bond donors (Lipinski definition) is 1. The number of ether oxygens (including phenoxy) is 2. The average Bonchev–Trinajstić information content (AvgIpc) is 2.88. The number of hydrogen-bond acceptors (Lipinski definition) is 3. The minimum absolute atomic E-state index is 0.0736. The Morgan fingerprint density at radius 1 is 1.32 bits per heavy atom. The van der Waals surface area contributed by atoms with Crippen LogP contribution >= 0.6 is 0 Å². The summed E-state index contributed by atoms with van der Waals surface area (Å²) < 4.78 is 11.6. The number of allylic oxidation sites excluding steroid dienone is 1. The highest BCUT2D eigenvalue weighted by Crippen LogP contribution is 2.53. The van der Waals surface area contributed by atoms with Crippen molar-refractivity contribution in [3.8, 4) is 17.2 Å². The monoisotopic (exact) mass is 296 g/mol. The molecule has 0 aliphatic carbocycles. The predicted molar refractivity (Wildman–Crippen MR) is 86.8 cm³/mol. The topological polar surface area (TPSA) is 38.7 Å². The van der Waals surface area contributed by atoms with Crippen molar-refractivity contribution < 1.29 is 14.6 Å². The third-order valence-corrected chi connectivity index (χ3v) is 4.22. The molecule has 2 aromatic rings. The molecule has 114 valence electrons. The van der Waals surface area contributed by atoms with Crippen molar-refractivity contribution in [1.29, 1.82) is 0 Å². The number of benzene rings is 2. The van der Waals surface area contributed by atoms with Crippen LogP contribution in [0, 0.1) is 0 Å². The zero-order valence-corrected chi connectivity index (χ0v) is 12.9. The van der Waals surface area contributed by atoms with Crippen LogP contribution < -0.4 is 9.47 Å². The second kappa shape index (κ2) is 5.76. The molecule has 1 heterocycles. The highest BCUT2D eigenvalue weighted by Gasteiger charge is 2.37. The van der Waals surface area contributed by atoms with Crippen LogP contribution in [0.5, 0.6) is 17.2 Å². The lowest BCUT2D eigenvalue weighted by molar-refractivity contribution is 0.208. The molecule has 0 radical (unpaired) electrons. The standard InChI is InChI=1S/C19H20O3/c1-4-8-14-15(20)11-16(21-3)19-17(14)12(2)18(22-19)13-9-6-5-7-10-13/h4-7,9-12,18,20H,1,8H2,2-3H3/t12-,18-/m0/s1. The van der Waals surface area contributed by atoms with Gasteiger partial charge >= 0.3 is 0 Å². The Hall–Kier alpha value is -2.42. The van der Waals surface area contributed by atoms with Crippen LogP contribution in [0.25, 0.3) is 0 Å². The molecule has 1 aliphatic rings. The smallest absolute Gasteiger partial charge is 0.166 e. The zero-order valence-electron chi connectivity index (χ0n) is 12.9. The van der Waals surface area contributed by atoms with Crippen LogP contribution in [0.3, 0.4) is 0 Å². The largest absolute Gasteiger partial charge is 0.508 e. The van der Waals surface area contributed by atoms with E-state index < -0.39 is 0 Å². The lowest BCUT2D eigenvalue weighted by atomic mass is 9.88. The molecule has 2 aromatic carbocycles. The summed E-state index contributed by atoms with van der Waals surface area (Å²) in [5, 5.41) is 10.3. The maximum atomic E-state index is 10.3. The fraction of sp³-hybridized carbons (Fsp3) is 0.263. The van der Waals surface area contributed by atoms with E-state index in [1.807, 2.05) is 18.2 Å². The molecule has 3 heteroatoms. The van der Waals surface area contributed by atoms with Crippen LogP contribution in [0.2, 0.25) is 0 Å². The Morgan fingerprint density at radius 3 is 2.68 bits per heavy atom. The van der Waals surface area contributed by atoms with E-state index in [0.29, 0.717) is 12.2 Å². The fourth-order valence-electron chi connectivity index (χ4n) is 3.18. The van der Waals surface area contributed by atoms with Crippen LogP contribution in [0.4, 0.5) is 0 Å². The van der Waals surface area contributed by atoms with E-state index >= 15 is 0 Å². The molecule has 0 saturated heterocycles. The highest BCUT2D eigenvalue weighted by atomic mass is 16.5. The van der Waals surface area contributed by atoms with E-state index in [4.69, 9.17) is 9.47 Å². The Balaban J connectivity index is 2.12. The normalized spacial score (nSPS) is 19.4. The van der Waals surface area contributed by atoms with Crippen molar-refractivity contribution in [2.75, 3.05) is 7.11 Å². The molecule has 1 aliphatic heterocycles. The fourth-order valence-corrected chi connectivity index (χ4v) is 3.18. The number of fused-ring (bicyclic) bond motifs is 1. The average molecular weight is 296 g/mol. The zero-order chi connectivity index (χ0) is 15.7. The number of rotatable bonds is 4. The van der Waals surface area contributed by atoms with Crippen molar-refractivity contribution in [2.45, 2.75) is 25.4 Å². The van der Waals surface area contributed by atoms with E-state index in [2.05, 4.69) is 25.6 Å². The molecule has 2 atom stereocenters. The van der Waals surface area contributed by atoms with Crippen molar-refractivity contribution >= 4 is 0 Å². The summed E-state index contributed by atoms with van der Waals surface area (Å²) in [7, 11) is 1.59. The summed E-state index contributed by atoms with van der Waals surface area (Å²) in [6.07, 6.45) is 2.33. The quantitative estimate of drug-likeness (QED) is 0.852. The molecule has 3 rings (SSSR count). The van der Waals surface area contributed by atoms with Gasteiger partial charge in [0.1, 0.15) is 11.9 Å². The third kappa shape index (κ3) is 2.23. The van der Waals surface area contributed by atoms with Crippen molar-refractivity contribution in [2.24, 2.45) is 0 Å². The predicted octanol–water partition coefficient (Wildman–Crippen LogP) is 4.37. The number of methoxy groups -OCH3 is 1. The van der Waals surface area contributed by atoms with Gasteiger partial charge in [0.25, 0.3) is 0 Å². The molecule has 22 heavy (non-hydrogen) atoms. The van der Waals surface area contributed by atoms with Crippen LogP contribution in [0.15, 0.2) is 49.1 Å². The summed E-state index contributed by atoms with van der Waals surface area (Å²) in [6.45, 7) is 5.90. The molecule has 0 unspecified atom stereocenters. The minimum atomic E-state index is -0.0736. The Morgan fingerprint density at radius 2 is 2.05 bits per heavy atom. The summed E-state index contributed by atoms with van der Waals surface area (Å²) >= 11 is 0. The van der Waals surface area contributed by atoms with Gasteiger partial charge in [-0.15, -0.1) is 6.58 Å². The maximum Gasteiger partial charge on any atom is 0.166 e. The van der Waals surface area contributed by atoms with Gasteiger partial charge in [0.15, 0.2) is 11.5 Å². The Bertz CT molecular complexity index is 692. The molecule has 0 fully saturated rings. The Labute approximate surface area is 130 Å². The summed E-state index contributed by atoms with van der Waals surface area (Å²) in [4.78, 5) is 0. The van der Waals surface area contributed by atoms with Gasteiger partial charge in [0, 0.05) is 23.1 Å². The lowest BCUT2D eigenvalue weighted by Gasteiger charge is -2.16. The van der Waals surface area contributed by atoms with Gasteiger partial charge < -0.3 is 14.6 Å².